The summed E-state index contributed by atoms with van der Waals surface area (Å²) in [5.41, 5.74) is 0.839. The summed E-state index contributed by atoms with van der Waals surface area (Å²) in [6.07, 6.45) is 5.97. The van der Waals surface area contributed by atoms with Gasteiger partial charge < -0.3 is 9.72 Å². The fraction of sp³-hybridized carbons (Fsp3) is 0.400. The number of aromatic amines is 1. The molecule has 0 bridgehead atoms. The maximum atomic E-state index is 5.63. The molecule has 1 N–H and O–H groups in total. The van der Waals surface area contributed by atoms with Crippen LogP contribution in [0.15, 0.2) is 18.6 Å². The van der Waals surface area contributed by atoms with Crippen molar-refractivity contribution in [1.82, 2.24) is 15.0 Å². The van der Waals surface area contributed by atoms with Gasteiger partial charge in [0.25, 0.3) is 0 Å². The molecule has 2 heterocycles. The van der Waals surface area contributed by atoms with Crippen LogP contribution in [0.4, 0.5) is 0 Å². The summed E-state index contributed by atoms with van der Waals surface area (Å²) in [4.78, 5) is 11.3. The molecule has 1 fully saturated rings. The summed E-state index contributed by atoms with van der Waals surface area (Å²) in [7, 11) is 0. The number of rotatable bonds is 3. The number of ether oxygens (including phenoxy) is 1. The quantitative estimate of drug-likeness (QED) is 0.800. The van der Waals surface area contributed by atoms with Gasteiger partial charge in [0.15, 0.2) is 0 Å². The van der Waals surface area contributed by atoms with E-state index >= 15 is 0 Å². The van der Waals surface area contributed by atoms with E-state index in [0.717, 1.165) is 23.6 Å². The molecule has 0 atom stereocenters. The van der Waals surface area contributed by atoms with Crippen LogP contribution in [0.5, 0.6) is 5.88 Å². The molecule has 0 amide bonds. The molecule has 0 radical (unpaired) electrons. The third-order valence-electron chi connectivity index (χ3n) is 2.47. The second-order valence-corrected chi connectivity index (χ2v) is 3.67. The third kappa shape index (κ3) is 1.32. The van der Waals surface area contributed by atoms with Gasteiger partial charge in [0.2, 0.25) is 5.88 Å². The molecule has 0 unspecified atom stereocenters. The highest BCUT2D eigenvalue weighted by Gasteiger charge is 2.22. The van der Waals surface area contributed by atoms with Crippen LogP contribution in [0.3, 0.4) is 0 Å². The second-order valence-electron chi connectivity index (χ2n) is 3.67. The van der Waals surface area contributed by atoms with Crippen molar-refractivity contribution in [3.8, 4) is 5.88 Å². The lowest BCUT2D eigenvalue weighted by Crippen LogP contribution is -2.01. The molecule has 1 saturated carbocycles. The first-order chi connectivity index (χ1) is 6.93. The van der Waals surface area contributed by atoms with Crippen molar-refractivity contribution in [2.75, 3.05) is 6.61 Å². The van der Waals surface area contributed by atoms with E-state index in [0.29, 0.717) is 5.88 Å². The average molecular weight is 189 g/mol. The van der Waals surface area contributed by atoms with Gasteiger partial charge in [-0.05, 0) is 24.8 Å². The highest BCUT2D eigenvalue weighted by Crippen LogP contribution is 2.30. The van der Waals surface area contributed by atoms with Crippen LogP contribution < -0.4 is 4.74 Å². The Labute approximate surface area is 81.3 Å². The van der Waals surface area contributed by atoms with Gasteiger partial charge in [-0.25, -0.2) is 9.97 Å². The molecule has 1 aliphatic rings. The van der Waals surface area contributed by atoms with Gasteiger partial charge >= 0.3 is 0 Å². The van der Waals surface area contributed by atoms with E-state index in [2.05, 4.69) is 15.0 Å². The van der Waals surface area contributed by atoms with Crippen LogP contribution >= 0.6 is 0 Å². The van der Waals surface area contributed by atoms with Gasteiger partial charge in [0.1, 0.15) is 12.0 Å². The highest BCUT2D eigenvalue weighted by atomic mass is 16.5. The topological polar surface area (TPSA) is 50.8 Å². The minimum absolute atomic E-state index is 0.697. The SMILES string of the molecule is c1nc(OCC2CC2)c2cc[nH]c2n1. The van der Waals surface area contributed by atoms with Crippen molar-refractivity contribution in [3.63, 3.8) is 0 Å². The van der Waals surface area contributed by atoms with Crippen LogP contribution in [-0.2, 0) is 0 Å². The summed E-state index contributed by atoms with van der Waals surface area (Å²) in [5, 5.41) is 0.966. The van der Waals surface area contributed by atoms with E-state index < -0.39 is 0 Å². The van der Waals surface area contributed by atoms with Crippen LogP contribution in [-0.4, -0.2) is 21.6 Å². The summed E-state index contributed by atoms with van der Waals surface area (Å²) in [5.74, 6) is 1.45. The zero-order chi connectivity index (χ0) is 9.38. The number of H-pyrrole nitrogens is 1. The van der Waals surface area contributed by atoms with Gasteiger partial charge in [-0.15, -0.1) is 0 Å². The van der Waals surface area contributed by atoms with Crippen molar-refractivity contribution >= 4 is 11.0 Å². The Balaban J connectivity index is 1.89. The number of aromatic nitrogens is 3. The van der Waals surface area contributed by atoms with Crippen molar-refractivity contribution in [1.29, 1.82) is 0 Å². The maximum absolute atomic E-state index is 5.63. The van der Waals surface area contributed by atoms with Crippen molar-refractivity contribution < 1.29 is 4.74 Å². The van der Waals surface area contributed by atoms with Crippen LogP contribution in [0.1, 0.15) is 12.8 Å². The van der Waals surface area contributed by atoms with E-state index in [-0.39, 0.29) is 0 Å². The van der Waals surface area contributed by atoms with E-state index in [4.69, 9.17) is 4.74 Å². The predicted octanol–water partition coefficient (Wildman–Crippen LogP) is 1.75. The van der Waals surface area contributed by atoms with E-state index in [9.17, 15) is 0 Å². The summed E-state index contributed by atoms with van der Waals surface area (Å²) in [6, 6.07) is 1.94. The van der Waals surface area contributed by atoms with E-state index in [1.165, 1.54) is 19.2 Å². The van der Waals surface area contributed by atoms with Gasteiger partial charge in [-0.2, -0.15) is 0 Å². The van der Waals surface area contributed by atoms with Crippen molar-refractivity contribution in [2.24, 2.45) is 5.92 Å². The number of fused-ring (bicyclic) bond motifs is 1. The lowest BCUT2D eigenvalue weighted by atomic mass is 10.4. The Kier molecular flexibility index (Phi) is 1.65. The largest absolute Gasteiger partial charge is 0.477 e. The van der Waals surface area contributed by atoms with E-state index in [1.807, 2.05) is 12.3 Å². The highest BCUT2D eigenvalue weighted by molar-refractivity contribution is 5.80. The van der Waals surface area contributed by atoms with Gasteiger partial charge in [0, 0.05) is 6.20 Å². The van der Waals surface area contributed by atoms with Gasteiger partial charge in [-0.1, -0.05) is 0 Å². The lowest BCUT2D eigenvalue weighted by Gasteiger charge is -2.03. The molecule has 2 aromatic heterocycles. The predicted molar refractivity (Wildman–Crippen MR) is 52.1 cm³/mol. The average Bonchev–Trinajstić information content (AvgIpc) is 2.91. The molecule has 2 aromatic rings. The fourth-order valence-corrected chi connectivity index (χ4v) is 1.44. The molecule has 0 aliphatic heterocycles. The zero-order valence-electron chi connectivity index (χ0n) is 7.73. The monoisotopic (exact) mass is 189 g/mol. The third-order valence-corrected chi connectivity index (χ3v) is 2.47. The Morgan fingerprint density at radius 3 is 3.21 bits per heavy atom. The Hall–Kier alpha value is -1.58. The molecular weight excluding hydrogens is 178 g/mol. The van der Waals surface area contributed by atoms with Crippen molar-refractivity contribution in [2.45, 2.75) is 12.8 Å². The number of hydrogen-bond donors (Lipinski definition) is 1. The lowest BCUT2D eigenvalue weighted by molar-refractivity contribution is 0.292. The maximum Gasteiger partial charge on any atom is 0.226 e. The number of hydrogen-bond acceptors (Lipinski definition) is 3. The molecule has 4 nitrogen and oxygen atoms in total. The number of nitrogens with zero attached hydrogens (tertiary/aromatic N) is 2. The Morgan fingerprint density at radius 2 is 2.36 bits per heavy atom. The molecule has 0 spiro atoms. The number of nitrogens with one attached hydrogen (secondary N) is 1. The molecule has 3 rings (SSSR count). The standard InChI is InChI=1S/C10H11N3O/c1-2-7(1)5-14-10-8-3-4-11-9(8)12-6-13-10/h3-4,6-7H,1-2,5H2,(H,11,12,13). The second kappa shape index (κ2) is 2.97. The molecule has 72 valence electrons. The van der Waals surface area contributed by atoms with Crippen LogP contribution in [0, 0.1) is 5.92 Å². The molecule has 4 heteroatoms. The normalized spacial score (nSPS) is 16.0. The summed E-state index contributed by atoms with van der Waals surface area (Å²) >= 11 is 0. The van der Waals surface area contributed by atoms with Crippen molar-refractivity contribution in [3.05, 3.63) is 18.6 Å². The fourth-order valence-electron chi connectivity index (χ4n) is 1.44. The Morgan fingerprint density at radius 1 is 1.43 bits per heavy atom. The molecule has 1 aliphatic carbocycles. The van der Waals surface area contributed by atoms with Crippen LogP contribution in [0.25, 0.3) is 11.0 Å². The molecule has 0 aromatic carbocycles. The molecular formula is C10H11N3O. The van der Waals surface area contributed by atoms with Crippen LogP contribution in [0.2, 0.25) is 0 Å². The van der Waals surface area contributed by atoms with Gasteiger partial charge in [0.05, 0.1) is 12.0 Å². The minimum atomic E-state index is 0.697. The minimum Gasteiger partial charge on any atom is -0.477 e. The smallest absolute Gasteiger partial charge is 0.226 e. The van der Waals surface area contributed by atoms with E-state index in [1.54, 1.807) is 0 Å². The summed E-state index contributed by atoms with van der Waals surface area (Å²) in [6.45, 7) is 0.789. The first-order valence-electron chi connectivity index (χ1n) is 4.84. The molecule has 14 heavy (non-hydrogen) atoms. The first kappa shape index (κ1) is 7.79. The first-order valence-corrected chi connectivity index (χ1v) is 4.84. The summed E-state index contributed by atoms with van der Waals surface area (Å²) < 4.78 is 5.63. The van der Waals surface area contributed by atoms with Gasteiger partial charge in [-0.3, -0.25) is 0 Å². The zero-order valence-corrected chi connectivity index (χ0v) is 7.73. The molecule has 0 saturated heterocycles. The Bertz CT molecular complexity index is 447.